The van der Waals surface area contributed by atoms with Crippen molar-refractivity contribution in [2.75, 3.05) is 11.4 Å². The molecule has 4 rings (SSSR count). The molecule has 0 unspecified atom stereocenters. The van der Waals surface area contributed by atoms with E-state index in [0.29, 0.717) is 12.4 Å². The Morgan fingerprint density at radius 3 is 3.11 bits per heavy atom. The van der Waals surface area contributed by atoms with E-state index < -0.39 is 0 Å². The first-order valence-corrected chi connectivity index (χ1v) is 8.70. The SMILES string of the molecule is CC#CN1CCc2cc(-c3nc(C(=O)NCc4cccnc4)co3)ccc21. The van der Waals surface area contributed by atoms with Crippen molar-refractivity contribution in [2.45, 2.75) is 19.9 Å². The van der Waals surface area contributed by atoms with Gasteiger partial charge in [-0.15, -0.1) is 0 Å². The van der Waals surface area contributed by atoms with Crippen LogP contribution in [-0.2, 0) is 13.0 Å². The smallest absolute Gasteiger partial charge is 0.273 e. The molecule has 3 aromatic rings. The molecule has 0 aliphatic carbocycles. The third-order valence-corrected chi connectivity index (χ3v) is 4.38. The highest BCUT2D eigenvalue weighted by Gasteiger charge is 2.20. The van der Waals surface area contributed by atoms with Crippen LogP contribution in [-0.4, -0.2) is 22.4 Å². The Bertz CT molecular complexity index is 1030. The Morgan fingerprint density at radius 2 is 2.30 bits per heavy atom. The number of rotatable bonds is 4. The summed E-state index contributed by atoms with van der Waals surface area (Å²) in [5.41, 5.74) is 4.36. The molecule has 0 saturated carbocycles. The minimum atomic E-state index is -0.278. The third-order valence-electron chi connectivity index (χ3n) is 4.38. The molecule has 6 nitrogen and oxygen atoms in total. The number of amides is 1. The lowest BCUT2D eigenvalue weighted by molar-refractivity contribution is 0.0946. The Labute approximate surface area is 157 Å². The predicted molar refractivity (Wildman–Crippen MR) is 102 cm³/mol. The standard InChI is InChI=1S/C21H18N4O2/c1-2-9-25-10-7-16-11-17(5-6-19(16)25)21-24-18(14-27-21)20(26)23-13-15-4-3-8-22-12-15/h3-6,8,11-12,14H,7,10,13H2,1H3,(H,23,26). The zero-order valence-electron chi connectivity index (χ0n) is 14.9. The van der Waals surface area contributed by atoms with E-state index in [9.17, 15) is 4.79 Å². The van der Waals surface area contributed by atoms with Crippen LogP contribution in [0.4, 0.5) is 5.69 Å². The van der Waals surface area contributed by atoms with Crippen LogP contribution in [0.3, 0.4) is 0 Å². The maximum absolute atomic E-state index is 12.3. The number of nitrogens with zero attached hydrogens (tertiary/aromatic N) is 3. The predicted octanol–water partition coefficient (Wildman–Crippen LogP) is 3.01. The molecule has 6 heteroatoms. The molecule has 0 saturated heterocycles. The lowest BCUT2D eigenvalue weighted by Crippen LogP contribution is -2.23. The highest BCUT2D eigenvalue weighted by molar-refractivity contribution is 5.92. The normalized spacial score (nSPS) is 12.3. The van der Waals surface area contributed by atoms with Gasteiger partial charge in [-0.1, -0.05) is 12.0 Å². The highest BCUT2D eigenvalue weighted by atomic mass is 16.3. The van der Waals surface area contributed by atoms with E-state index in [-0.39, 0.29) is 11.6 Å². The minimum Gasteiger partial charge on any atom is -0.444 e. The molecule has 134 valence electrons. The van der Waals surface area contributed by atoms with Crippen LogP contribution >= 0.6 is 0 Å². The summed E-state index contributed by atoms with van der Waals surface area (Å²) in [5.74, 6) is 3.09. The molecule has 1 aliphatic heterocycles. The van der Waals surface area contributed by atoms with E-state index in [2.05, 4.69) is 33.3 Å². The van der Waals surface area contributed by atoms with Gasteiger partial charge in [0.05, 0.1) is 5.69 Å². The third kappa shape index (κ3) is 3.53. The lowest BCUT2D eigenvalue weighted by Gasteiger charge is -2.10. The van der Waals surface area contributed by atoms with E-state index in [1.807, 2.05) is 36.1 Å². The maximum Gasteiger partial charge on any atom is 0.273 e. The summed E-state index contributed by atoms with van der Waals surface area (Å²) < 4.78 is 5.53. The van der Waals surface area contributed by atoms with Gasteiger partial charge in [-0.2, -0.15) is 0 Å². The van der Waals surface area contributed by atoms with Crippen molar-refractivity contribution in [1.82, 2.24) is 15.3 Å². The molecule has 0 atom stereocenters. The molecule has 1 aliphatic rings. The molecule has 1 amide bonds. The minimum absolute atomic E-state index is 0.257. The molecule has 1 N–H and O–H groups in total. The summed E-state index contributed by atoms with van der Waals surface area (Å²) in [6, 6.07) is 12.8. The highest BCUT2D eigenvalue weighted by Crippen LogP contribution is 2.31. The molecule has 27 heavy (non-hydrogen) atoms. The lowest BCUT2D eigenvalue weighted by atomic mass is 10.1. The van der Waals surface area contributed by atoms with Gasteiger partial charge in [-0.05, 0) is 48.7 Å². The summed E-state index contributed by atoms with van der Waals surface area (Å²) in [5, 5.41) is 2.82. The van der Waals surface area contributed by atoms with Crippen molar-refractivity contribution >= 4 is 11.6 Å². The van der Waals surface area contributed by atoms with Crippen LogP contribution in [0, 0.1) is 12.0 Å². The second kappa shape index (κ2) is 7.34. The topological polar surface area (TPSA) is 71.3 Å². The Hall–Kier alpha value is -3.59. The van der Waals surface area contributed by atoms with Gasteiger partial charge in [-0.3, -0.25) is 9.78 Å². The monoisotopic (exact) mass is 358 g/mol. The zero-order valence-corrected chi connectivity index (χ0v) is 14.9. The van der Waals surface area contributed by atoms with E-state index in [0.717, 1.165) is 29.8 Å². The zero-order chi connectivity index (χ0) is 18.6. The van der Waals surface area contributed by atoms with Gasteiger partial charge >= 0.3 is 0 Å². The number of anilines is 1. The fourth-order valence-corrected chi connectivity index (χ4v) is 3.07. The number of nitrogens with one attached hydrogen (secondary N) is 1. The molecular weight excluding hydrogens is 340 g/mol. The quantitative estimate of drug-likeness (QED) is 0.726. The molecule has 0 spiro atoms. The van der Waals surface area contributed by atoms with Crippen LogP contribution in [0.15, 0.2) is 53.4 Å². The van der Waals surface area contributed by atoms with Gasteiger partial charge in [0.1, 0.15) is 6.26 Å². The average Bonchev–Trinajstić information content (AvgIpc) is 3.35. The summed E-state index contributed by atoms with van der Waals surface area (Å²) in [7, 11) is 0. The van der Waals surface area contributed by atoms with Crippen LogP contribution in [0.5, 0.6) is 0 Å². The van der Waals surface area contributed by atoms with Crippen molar-refractivity contribution in [2.24, 2.45) is 0 Å². The largest absolute Gasteiger partial charge is 0.444 e. The maximum atomic E-state index is 12.3. The van der Waals surface area contributed by atoms with Gasteiger partial charge < -0.3 is 14.6 Å². The summed E-state index contributed by atoms with van der Waals surface area (Å²) in [6.45, 7) is 3.11. The van der Waals surface area contributed by atoms with Gasteiger partial charge in [0.2, 0.25) is 5.89 Å². The number of carbonyl (C=O) groups excluding carboxylic acids is 1. The van der Waals surface area contributed by atoms with Gasteiger partial charge in [0, 0.05) is 37.1 Å². The number of aromatic nitrogens is 2. The van der Waals surface area contributed by atoms with Crippen LogP contribution in [0.25, 0.3) is 11.5 Å². The van der Waals surface area contributed by atoms with Gasteiger partial charge in [0.15, 0.2) is 5.69 Å². The molecule has 1 aromatic carbocycles. The fourth-order valence-electron chi connectivity index (χ4n) is 3.07. The molecule has 2 aromatic heterocycles. The summed E-state index contributed by atoms with van der Waals surface area (Å²) in [6.07, 6.45) is 5.72. The number of oxazole rings is 1. The van der Waals surface area contributed by atoms with E-state index >= 15 is 0 Å². The van der Waals surface area contributed by atoms with Crippen molar-refractivity contribution in [1.29, 1.82) is 0 Å². The fraction of sp³-hybridized carbons (Fsp3) is 0.190. The Morgan fingerprint density at radius 1 is 1.37 bits per heavy atom. The number of fused-ring (bicyclic) bond motifs is 1. The van der Waals surface area contributed by atoms with Crippen molar-refractivity contribution in [3.63, 3.8) is 0 Å². The first-order chi connectivity index (χ1) is 13.2. The molecular formula is C21H18N4O2. The first kappa shape index (κ1) is 16.9. The molecule has 0 fully saturated rings. The van der Waals surface area contributed by atoms with Gasteiger partial charge in [-0.25, -0.2) is 4.98 Å². The van der Waals surface area contributed by atoms with Crippen LogP contribution < -0.4 is 10.2 Å². The number of hydrogen-bond acceptors (Lipinski definition) is 5. The van der Waals surface area contributed by atoms with E-state index in [4.69, 9.17) is 4.42 Å². The summed E-state index contributed by atoms with van der Waals surface area (Å²) in [4.78, 5) is 22.7. The first-order valence-electron chi connectivity index (χ1n) is 8.70. The van der Waals surface area contributed by atoms with Crippen molar-refractivity contribution < 1.29 is 9.21 Å². The number of carbonyl (C=O) groups is 1. The Balaban J connectivity index is 1.48. The number of benzene rings is 1. The molecule has 3 heterocycles. The second-order valence-corrected chi connectivity index (χ2v) is 6.19. The van der Waals surface area contributed by atoms with Gasteiger partial charge in [0.25, 0.3) is 5.91 Å². The number of pyridine rings is 1. The average molecular weight is 358 g/mol. The molecule has 0 bridgehead atoms. The number of hydrogen-bond donors (Lipinski definition) is 1. The summed E-state index contributed by atoms with van der Waals surface area (Å²) >= 11 is 0. The van der Waals surface area contributed by atoms with Crippen LogP contribution in [0.2, 0.25) is 0 Å². The molecule has 0 radical (unpaired) electrons. The Kier molecular flexibility index (Phi) is 4.58. The van der Waals surface area contributed by atoms with Crippen molar-refractivity contribution in [3.05, 3.63) is 65.8 Å². The van der Waals surface area contributed by atoms with E-state index in [1.165, 1.54) is 11.8 Å². The van der Waals surface area contributed by atoms with Crippen molar-refractivity contribution in [3.8, 4) is 23.4 Å². The van der Waals surface area contributed by atoms with E-state index in [1.54, 1.807) is 12.4 Å². The van der Waals surface area contributed by atoms with Crippen LogP contribution in [0.1, 0.15) is 28.5 Å². The second-order valence-electron chi connectivity index (χ2n) is 6.19.